The van der Waals surface area contributed by atoms with Crippen molar-refractivity contribution in [2.75, 3.05) is 11.4 Å². The molecule has 2 N–H and O–H groups in total. The maximum absolute atomic E-state index is 13.7. The standard InChI is InChI=1S/C17H10ClF5N2O4/c18-8-3-2-7(6-9(8)25(17(24)28)4-1-5-26)16(27)29-15-13(22)11(20)10(19)12(21)14(15)23/h2-3,5-6H,1,4H2,(H2,24,28). The fourth-order valence-electron chi connectivity index (χ4n) is 2.20. The molecule has 2 aromatic carbocycles. The Balaban J connectivity index is 2.43. The quantitative estimate of drug-likeness (QED) is 0.187. The number of nitrogens with two attached hydrogens (primary N) is 1. The second-order valence-electron chi connectivity index (χ2n) is 5.40. The fourth-order valence-corrected chi connectivity index (χ4v) is 2.42. The summed E-state index contributed by atoms with van der Waals surface area (Å²) in [7, 11) is 0. The molecular weight excluding hydrogens is 427 g/mol. The average Bonchev–Trinajstić information content (AvgIpc) is 2.69. The zero-order valence-corrected chi connectivity index (χ0v) is 14.9. The highest BCUT2D eigenvalue weighted by atomic mass is 35.5. The van der Waals surface area contributed by atoms with Crippen molar-refractivity contribution < 1.29 is 41.1 Å². The van der Waals surface area contributed by atoms with Gasteiger partial charge in [-0.25, -0.2) is 22.8 Å². The van der Waals surface area contributed by atoms with Crippen LogP contribution in [0.4, 0.5) is 32.4 Å². The number of carbonyl (C=O) groups excluding carboxylic acids is 3. The largest absolute Gasteiger partial charge is 0.416 e. The Morgan fingerprint density at radius 1 is 1.03 bits per heavy atom. The Bertz CT molecular complexity index is 973. The van der Waals surface area contributed by atoms with Gasteiger partial charge in [0.1, 0.15) is 6.29 Å². The molecule has 0 saturated carbocycles. The molecular formula is C17H10ClF5N2O4. The lowest BCUT2D eigenvalue weighted by molar-refractivity contribution is -0.107. The predicted octanol–water partition coefficient (Wildman–Crippen LogP) is 3.73. The van der Waals surface area contributed by atoms with E-state index in [0.29, 0.717) is 6.29 Å². The van der Waals surface area contributed by atoms with E-state index in [-0.39, 0.29) is 23.7 Å². The van der Waals surface area contributed by atoms with Gasteiger partial charge >= 0.3 is 12.0 Å². The molecule has 6 nitrogen and oxygen atoms in total. The van der Waals surface area contributed by atoms with Gasteiger partial charge in [0.25, 0.3) is 0 Å². The Kier molecular flexibility index (Phi) is 6.75. The molecule has 0 aliphatic carbocycles. The molecule has 0 spiro atoms. The summed E-state index contributed by atoms with van der Waals surface area (Å²) in [5, 5.41) is -0.0810. The minimum atomic E-state index is -2.42. The number of benzene rings is 2. The molecule has 0 fully saturated rings. The Hall–Kier alpha value is -3.21. The molecule has 0 saturated heterocycles. The summed E-state index contributed by atoms with van der Waals surface area (Å²) >= 11 is 5.94. The van der Waals surface area contributed by atoms with Crippen molar-refractivity contribution >= 4 is 35.6 Å². The molecule has 0 aliphatic heterocycles. The highest BCUT2D eigenvalue weighted by Crippen LogP contribution is 2.31. The molecule has 0 heterocycles. The predicted molar refractivity (Wildman–Crippen MR) is 90.3 cm³/mol. The van der Waals surface area contributed by atoms with E-state index in [1.54, 1.807) is 0 Å². The molecule has 2 amide bonds. The molecule has 0 atom stereocenters. The Morgan fingerprint density at radius 3 is 2.10 bits per heavy atom. The number of rotatable bonds is 6. The van der Waals surface area contributed by atoms with Crippen molar-refractivity contribution in [3.05, 3.63) is 57.9 Å². The first kappa shape index (κ1) is 22.1. The molecule has 29 heavy (non-hydrogen) atoms. The maximum Gasteiger partial charge on any atom is 0.343 e. The van der Waals surface area contributed by atoms with E-state index in [1.165, 1.54) is 0 Å². The molecule has 2 aromatic rings. The number of urea groups is 1. The summed E-state index contributed by atoms with van der Waals surface area (Å²) in [6, 6.07) is 2.02. The molecule has 0 radical (unpaired) electrons. The van der Waals surface area contributed by atoms with Crippen LogP contribution in [-0.2, 0) is 4.79 Å². The summed E-state index contributed by atoms with van der Waals surface area (Å²) in [6.45, 7) is -0.200. The van der Waals surface area contributed by atoms with Crippen LogP contribution in [0.15, 0.2) is 18.2 Å². The van der Waals surface area contributed by atoms with Crippen molar-refractivity contribution in [2.24, 2.45) is 5.73 Å². The van der Waals surface area contributed by atoms with E-state index < -0.39 is 52.4 Å². The van der Waals surface area contributed by atoms with Gasteiger partial charge in [0.05, 0.1) is 16.3 Å². The molecule has 0 aromatic heterocycles. The molecule has 12 heteroatoms. The van der Waals surface area contributed by atoms with Crippen molar-refractivity contribution in [1.82, 2.24) is 0 Å². The van der Waals surface area contributed by atoms with Gasteiger partial charge in [0.2, 0.25) is 34.8 Å². The van der Waals surface area contributed by atoms with Gasteiger partial charge in [-0.3, -0.25) is 4.90 Å². The number of primary amides is 1. The Labute approximate surface area is 164 Å². The lowest BCUT2D eigenvalue weighted by atomic mass is 10.2. The molecule has 0 unspecified atom stereocenters. The topological polar surface area (TPSA) is 89.7 Å². The van der Waals surface area contributed by atoms with E-state index in [9.17, 15) is 36.3 Å². The summed E-state index contributed by atoms with van der Waals surface area (Å²) < 4.78 is 71.2. The third-order valence-corrected chi connectivity index (χ3v) is 3.89. The van der Waals surface area contributed by atoms with Crippen LogP contribution in [-0.4, -0.2) is 24.8 Å². The molecule has 0 aliphatic rings. The van der Waals surface area contributed by atoms with Crippen molar-refractivity contribution in [1.29, 1.82) is 0 Å². The van der Waals surface area contributed by atoms with Gasteiger partial charge in [0.15, 0.2) is 0 Å². The number of esters is 1. The SMILES string of the molecule is NC(=O)N(CCC=O)c1cc(C(=O)Oc2c(F)c(F)c(F)c(F)c2F)ccc1Cl. The van der Waals surface area contributed by atoms with Gasteiger partial charge in [-0.15, -0.1) is 0 Å². The third-order valence-electron chi connectivity index (χ3n) is 3.57. The number of hydrogen-bond acceptors (Lipinski definition) is 4. The van der Waals surface area contributed by atoms with Crippen LogP contribution < -0.4 is 15.4 Å². The number of nitrogens with zero attached hydrogens (tertiary/aromatic N) is 1. The number of carbonyl (C=O) groups is 3. The zero-order valence-electron chi connectivity index (χ0n) is 14.1. The van der Waals surface area contributed by atoms with E-state index >= 15 is 0 Å². The number of hydrogen-bond donors (Lipinski definition) is 1. The highest BCUT2D eigenvalue weighted by molar-refractivity contribution is 6.34. The van der Waals surface area contributed by atoms with E-state index in [1.807, 2.05) is 0 Å². The van der Waals surface area contributed by atoms with Crippen molar-refractivity contribution in [3.8, 4) is 5.75 Å². The van der Waals surface area contributed by atoms with E-state index in [0.717, 1.165) is 23.1 Å². The number of ether oxygens (including phenoxy) is 1. The number of aldehydes is 1. The van der Waals surface area contributed by atoms with Crippen LogP contribution in [0, 0.1) is 29.1 Å². The first-order valence-corrected chi connectivity index (χ1v) is 8.01. The van der Waals surface area contributed by atoms with Crippen LogP contribution in [0.3, 0.4) is 0 Å². The van der Waals surface area contributed by atoms with Crippen LogP contribution in [0.1, 0.15) is 16.8 Å². The van der Waals surface area contributed by atoms with E-state index in [4.69, 9.17) is 17.3 Å². The van der Waals surface area contributed by atoms with Crippen LogP contribution >= 0.6 is 11.6 Å². The first-order valence-electron chi connectivity index (χ1n) is 7.63. The summed E-state index contributed by atoms with van der Waals surface area (Å²) in [5.41, 5.74) is 4.59. The number of amides is 2. The average molecular weight is 437 g/mol. The lowest BCUT2D eigenvalue weighted by Crippen LogP contribution is -2.37. The van der Waals surface area contributed by atoms with Crippen molar-refractivity contribution in [2.45, 2.75) is 6.42 Å². The Morgan fingerprint density at radius 2 is 1.59 bits per heavy atom. The second kappa shape index (κ2) is 8.86. The summed E-state index contributed by atoms with van der Waals surface area (Å²) in [6.07, 6.45) is 0.365. The van der Waals surface area contributed by atoms with Crippen LogP contribution in [0.25, 0.3) is 0 Å². The minimum absolute atomic E-state index is 0.0810. The minimum Gasteiger partial charge on any atom is -0.416 e. The smallest absolute Gasteiger partial charge is 0.343 e. The van der Waals surface area contributed by atoms with Gasteiger partial charge in [-0.1, -0.05) is 11.6 Å². The number of anilines is 1. The monoisotopic (exact) mass is 436 g/mol. The molecule has 0 bridgehead atoms. The van der Waals surface area contributed by atoms with Gasteiger partial charge < -0.3 is 15.3 Å². The maximum atomic E-state index is 13.7. The van der Waals surface area contributed by atoms with Crippen molar-refractivity contribution in [3.63, 3.8) is 0 Å². The van der Waals surface area contributed by atoms with E-state index in [2.05, 4.69) is 4.74 Å². The highest BCUT2D eigenvalue weighted by Gasteiger charge is 2.29. The van der Waals surface area contributed by atoms with Crippen LogP contribution in [0.2, 0.25) is 5.02 Å². The molecule has 2 rings (SSSR count). The van der Waals surface area contributed by atoms with Gasteiger partial charge in [-0.2, -0.15) is 8.78 Å². The summed E-state index contributed by atoms with van der Waals surface area (Å²) in [4.78, 5) is 35.1. The van der Waals surface area contributed by atoms with Gasteiger partial charge in [-0.05, 0) is 18.2 Å². The first-order chi connectivity index (χ1) is 13.6. The zero-order chi connectivity index (χ0) is 21.9. The lowest BCUT2D eigenvalue weighted by Gasteiger charge is -2.21. The van der Waals surface area contributed by atoms with Gasteiger partial charge in [0, 0.05) is 13.0 Å². The molecule has 154 valence electrons. The van der Waals surface area contributed by atoms with Crippen LogP contribution in [0.5, 0.6) is 5.75 Å². The summed E-state index contributed by atoms with van der Waals surface area (Å²) in [5.74, 6) is -15.0. The fraction of sp³-hybridized carbons (Fsp3) is 0.118. The second-order valence-corrected chi connectivity index (χ2v) is 5.81. The third kappa shape index (κ3) is 4.45. The normalized spacial score (nSPS) is 10.6. The number of halogens is 6.